The van der Waals surface area contributed by atoms with Crippen molar-refractivity contribution in [3.05, 3.63) is 104 Å². The van der Waals surface area contributed by atoms with Gasteiger partial charge in [0, 0.05) is 39.1 Å². The van der Waals surface area contributed by atoms with E-state index in [9.17, 15) is 14.4 Å². The number of ether oxygens (including phenoxy) is 1. The van der Waals surface area contributed by atoms with Crippen LogP contribution in [0, 0.1) is 13.8 Å². The van der Waals surface area contributed by atoms with Crippen LogP contribution in [0.2, 0.25) is 0 Å². The van der Waals surface area contributed by atoms with Gasteiger partial charge in [0.1, 0.15) is 6.54 Å². The zero-order valence-corrected chi connectivity index (χ0v) is 21.0. The van der Waals surface area contributed by atoms with E-state index in [4.69, 9.17) is 4.74 Å². The highest BCUT2D eigenvalue weighted by Gasteiger charge is 2.19. The number of hydrogen-bond donors (Lipinski definition) is 0. The topological polar surface area (TPSA) is 70.3 Å². The fourth-order valence-electron chi connectivity index (χ4n) is 4.75. The molecule has 0 saturated heterocycles. The van der Waals surface area contributed by atoms with Crippen molar-refractivity contribution in [3.63, 3.8) is 0 Å². The molecule has 3 aromatic heterocycles. The lowest BCUT2D eigenvalue weighted by atomic mass is 10.1. The van der Waals surface area contributed by atoms with E-state index in [0.717, 1.165) is 24.4 Å². The molecule has 6 nitrogen and oxygen atoms in total. The van der Waals surface area contributed by atoms with Crippen LogP contribution in [-0.4, -0.2) is 27.5 Å². The van der Waals surface area contributed by atoms with Crippen molar-refractivity contribution in [1.29, 1.82) is 0 Å². The molecular formula is C29H26N2O4S. The molecule has 7 heteroatoms. The third-order valence-electron chi connectivity index (χ3n) is 6.57. The number of thiophene rings is 1. The number of Topliss-reactive ketones (excluding diaryl/α,β-unsaturated/α-hetero) is 1. The third-order valence-corrected chi connectivity index (χ3v) is 7.50. The Morgan fingerprint density at radius 2 is 1.56 bits per heavy atom. The molecule has 0 aliphatic rings. The Hall–Kier alpha value is -3.97. The Balaban J connectivity index is 1.32. The zero-order chi connectivity index (χ0) is 25.2. The van der Waals surface area contributed by atoms with Crippen LogP contribution < -0.4 is 5.43 Å². The average molecular weight is 499 g/mol. The summed E-state index contributed by atoms with van der Waals surface area (Å²) in [6.45, 7) is 4.27. The Morgan fingerprint density at radius 3 is 2.19 bits per heavy atom. The van der Waals surface area contributed by atoms with Gasteiger partial charge >= 0.3 is 5.97 Å². The Morgan fingerprint density at radius 1 is 0.889 bits per heavy atom. The van der Waals surface area contributed by atoms with Gasteiger partial charge in [-0.25, -0.2) is 0 Å². The van der Waals surface area contributed by atoms with Crippen molar-refractivity contribution in [3.8, 4) is 0 Å². The van der Waals surface area contributed by atoms with E-state index in [1.54, 1.807) is 40.2 Å². The molecule has 0 unspecified atom stereocenters. The van der Waals surface area contributed by atoms with Crippen LogP contribution in [-0.2, 0) is 29.0 Å². The molecule has 5 aromatic rings. The number of ketones is 1. The van der Waals surface area contributed by atoms with Crippen molar-refractivity contribution < 1.29 is 14.3 Å². The van der Waals surface area contributed by atoms with Gasteiger partial charge in [-0.3, -0.25) is 14.4 Å². The standard InChI is InChI=1S/C29H26N2O4S/c1-19-16-24(20(2)30(19)14-13-21-8-7-15-36-21)27(32)18-35-28(33)17-31-25-11-5-3-9-22(25)29(34)23-10-4-6-12-26(23)31/h3-12,15-16H,13-14,17-18H2,1-2H3. The molecule has 0 atom stereocenters. The van der Waals surface area contributed by atoms with Gasteiger partial charge in [-0.15, -0.1) is 11.3 Å². The van der Waals surface area contributed by atoms with E-state index >= 15 is 0 Å². The first-order valence-electron chi connectivity index (χ1n) is 11.8. The van der Waals surface area contributed by atoms with Crippen LogP contribution in [0.1, 0.15) is 26.6 Å². The van der Waals surface area contributed by atoms with E-state index in [-0.39, 0.29) is 24.4 Å². The lowest BCUT2D eigenvalue weighted by molar-refractivity contribution is -0.143. The van der Waals surface area contributed by atoms with E-state index in [1.807, 2.05) is 50.2 Å². The summed E-state index contributed by atoms with van der Waals surface area (Å²) in [6, 6.07) is 20.4. The molecule has 36 heavy (non-hydrogen) atoms. The van der Waals surface area contributed by atoms with Gasteiger partial charge in [-0.2, -0.15) is 0 Å². The number of para-hydroxylation sites is 2. The number of pyridine rings is 1. The highest BCUT2D eigenvalue weighted by atomic mass is 32.1. The predicted octanol–water partition coefficient (Wildman–Crippen LogP) is 5.30. The number of benzene rings is 2. The summed E-state index contributed by atoms with van der Waals surface area (Å²) in [6.07, 6.45) is 0.901. The predicted molar refractivity (Wildman–Crippen MR) is 143 cm³/mol. The smallest absolute Gasteiger partial charge is 0.326 e. The molecular weight excluding hydrogens is 472 g/mol. The second kappa shape index (κ2) is 9.95. The fourth-order valence-corrected chi connectivity index (χ4v) is 5.45. The van der Waals surface area contributed by atoms with Crippen molar-refractivity contribution in [1.82, 2.24) is 9.13 Å². The summed E-state index contributed by atoms with van der Waals surface area (Å²) in [7, 11) is 0. The average Bonchev–Trinajstić information content (AvgIpc) is 3.51. The number of aromatic nitrogens is 2. The van der Waals surface area contributed by atoms with Crippen molar-refractivity contribution >= 4 is 44.9 Å². The van der Waals surface area contributed by atoms with Gasteiger partial charge in [0.25, 0.3) is 0 Å². The van der Waals surface area contributed by atoms with Gasteiger partial charge < -0.3 is 13.9 Å². The monoisotopic (exact) mass is 498 g/mol. The quantitative estimate of drug-likeness (QED) is 0.165. The largest absolute Gasteiger partial charge is 0.456 e. The highest BCUT2D eigenvalue weighted by Crippen LogP contribution is 2.20. The van der Waals surface area contributed by atoms with Crippen LogP contribution in [0.25, 0.3) is 21.8 Å². The second-order valence-corrected chi connectivity index (χ2v) is 9.83. The molecule has 0 aliphatic carbocycles. The third kappa shape index (κ3) is 4.50. The fraction of sp³-hybridized carbons (Fsp3) is 0.207. The normalized spacial score (nSPS) is 11.3. The molecule has 2 aromatic carbocycles. The van der Waals surface area contributed by atoms with Crippen LogP contribution >= 0.6 is 11.3 Å². The maximum atomic E-state index is 13.0. The summed E-state index contributed by atoms with van der Waals surface area (Å²) in [5, 5.41) is 3.14. The van der Waals surface area contributed by atoms with Gasteiger partial charge in [0.2, 0.25) is 5.78 Å². The van der Waals surface area contributed by atoms with Crippen LogP contribution in [0.3, 0.4) is 0 Å². The minimum atomic E-state index is -0.534. The Kier molecular flexibility index (Phi) is 6.57. The van der Waals surface area contributed by atoms with E-state index in [0.29, 0.717) is 27.4 Å². The van der Waals surface area contributed by atoms with E-state index in [2.05, 4.69) is 16.0 Å². The number of aryl methyl sites for hydroxylation is 2. The first-order chi connectivity index (χ1) is 17.4. The maximum absolute atomic E-state index is 13.0. The number of esters is 1. The summed E-state index contributed by atoms with van der Waals surface area (Å²) >= 11 is 1.72. The van der Waals surface area contributed by atoms with E-state index < -0.39 is 5.97 Å². The minimum absolute atomic E-state index is 0.0737. The molecule has 0 amide bonds. The summed E-state index contributed by atoms with van der Waals surface area (Å²) in [5.41, 5.74) is 3.69. The number of fused-ring (bicyclic) bond motifs is 2. The number of hydrogen-bond acceptors (Lipinski definition) is 5. The van der Waals surface area contributed by atoms with Crippen molar-refractivity contribution in [2.45, 2.75) is 33.4 Å². The Labute approximate surface area is 212 Å². The summed E-state index contributed by atoms with van der Waals surface area (Å²) in [4.78, 5) is 40.0. The SMILES string of the molecule is Cc1cc(C(=O)COC(=O)Cn2c3ccccc3c(=O)c3ccccc32)c(C)n1CCc1cccs1. The van der Waals surface area contributed by atoms with Crippen LogP contribution in [0.15, 0.2) is 76.9 Å². The second-order valence-electron chi connectivity index (χ2n) is 8.80. The van der Waals surface area contributed by atoms with Gasteiger partial charge in [-0.05, 0) is 62.0 Å². The molecule has 0 radical (unpaired) electrons. The molecule has 3 heterocycles. The molecule has 0 saturated carbocycles. The molecule has 0 spiro atoms. The lowest BCUT2D eigenvalue weighted by Gasteiger charge is -2.14. The van der Waals surface area contributed by atoms with Crippen LogP contribution in [0.5, 0.6) is 0 Å². The number of rotatable bonds is 8. The minimum Gasteiger partial charge on any atom is -0.456 e. The molecule has 5 rings (SSSR count). The number of carbonyl (C=O) groups excluding carboxylic acids is 2. The number of nitrogens with zero attached hydrogens (tertiary/aromatic N) is 2. The van der Waals surface area contributed by atoms with Crippen LogP contribution in [0.4, 0.5) is 0 Å². The zero-order valence-electron chi connectivity index (χ0n) is 20.2. The van der Waals surface area contributed by atoms with Crippen molar-refractivity contribution in [2.24, 2.45) is 0 Å². The number of carbonyl (C=O) groups is 2. The Bertz CT molecular complexity index is 1580. The first kappa shape index (κ1) is 23.8. The molecule has 0 fully saturated rings. The van der Waals surface area contributed by atoms with E-state index in [1.165, 1.54) is 4.88 Å². The summed E-state index contributed by atoms with van der Waals surface area (Å²) < 4.78 is 9.32. The van der Waals surface area contributed by atoms with Gasteiger partial charge in [-0.1, -0.05) is 30.3 Å². The molecule has 0 aliphatic heterocycles. The molecule has 0 bridgehead atoms. The highest BCUT2D eigenvalue weighted by molar-refractivity contribution is 7.09. The lowest BCUT2D eigenvalue weighted by Crippen LogP contribution is -2.21. The van der Waals surface area contributed by atoms with Gasteiger partial charge in [0.05, 0.1) is 11.0 Å². The first-order valence-corrected chi connectivity index (χ1v) is 12.7. The van der Waals surface area contributed by atoms with Crippen molar-refractivity contribution in [2.75, 3.05) is 6.61 Å². The molecule has 182 valence electrons. The molecule has 0 N–H and O–H groups in total. The maximum Gasteiger partial charge on any atom is 0.326 e. The summed E-state index contributed by atoms with van der Waals surface area (Å²) in [5.74, 6) is -0.762. The van der Waals surface area contributed by atoms with Gasteiger partial charge in [0.15, 0.2) is 12.0 Å².